The Morgan fingerprint density at radius 2 is 1.92 bits per heavy atom. The second-order valence-electron chi connectivity index (χ2n) is 5.25. The highest BCUT2D eigenvalue weighted by Crippen LogP contribution is 2.25. The molecule has 0 spiro atoms. The van der Waals surface area contributed by atoms with Gasteiger partial charge < -0.3 is 14.4 Å². The van der Waals surface area contributed by atoms with Gasteiger partial charge in [0, 0.05) is 26.3 Å². The second kappa shape index (κ2) is 11.1. The molecule has 1 heterocycles. The van der Waals surface area contributed by atoms with E-state index in [-0.39, 0.29) is 12.3 Å². The Bertz CT molecular complexity index is 569. The van der Waals surface area contributed by atoms with Crippen molar-refractivity contribution in [1.82, 2.24) is 4.90 Å². The maximum atomic E-state index is 11.8. The van der Waals surface area contributed by atoms with Gasteiger partial charge in [-0.3, -0.25) is 4.79 Å². The standard InChI is InChI=1S/C10H16N2O2.C7H6Cl2O/c1-14-9(5-6-11)10(13)12-7-3-2-4-8-12;1-10-5-2-3-6(8)7(9)4-5/h9H,2-5,7-8H2,1H3;2-4H,1H3. The number of ether oxygens (including phenoxy) is 2. The van der Waals surface area contributed by atoms with E-state index in [1.54, 1.807) is 30.2 Å². The van der Waals surface area contributed by atoms with Crippen LogP contribution < -0.4 is 4.74 Å². The summed E-state index contributed by atoms with van der Waals surface area (Å²) in [7, 11) is 3.06. The number of carbonyl (C=O) groups is 1. The first-order chi connectivity index (χ1) is 11.5. The first kappa shape index (κ1) is 20.6. The fraction of sp³-hybridized carbons (Fsp3) is 0.529. The molecule has 1 amide bonds. The van der Waals surface area contributed by atoms with Crippen LogP contribution in [0, 0.1) is 11.3 Å². The topological polar surface area (TPSA) is 62.6 Å². The first-order valence-corrected chi connectivity index (χ1v) is 8.46. The molecule has 1 saturated heterocycles. The Kier molecular flexibility index (Phi) is 9.55. The van der Waals surface area contributed by atoms with Crippen molar-refractivity contribution in [3.63, 3.8) is 0 Å². The van der Waals surface area contributed by atoms with Crippen molar-refractivity contribution in [2.24, 2.45) is 0 Å². The molecular weight excluding hydrogens is 351 g/mol. The van der Waals surface area contributed by atoms with Crippen LogP contribution in [0.3, 0.4) is 0 Å². The molecule has 1 aliphatic rings. The number of rotatable bonds is 4. The zero-order valence-corrected chi connectivity index (χ0v) is 15.4. The fourth-order valence-corrected chi connectivity index (χ4v) is 2.56. The van der Waals surface area contributed by atoms with Crippen molar-refractivity contribution in [3.05, 3.63) is 28.2 Å². The molecule has 0 N–H and O–H groups in total. The van der Waals surface area contributed by atoms with Gasteiger partial charge in [0.2, 0.25) is 0 Å². The van der Waals surface area contributed by atoms with Crippen molar-refractivity contribution in [2.75, 3.05) is 27.3 Å². The quantitative estimate of drug-likeness (QED) is 0.802. The van der Waals surface area contributed by atoms with Gasteiger partial charge in [-0.15, -0.1) is 0 Å². The number of nitrogens with zero attached hydrogens (tertiary/aromatic N) is 2. The van der Waals surface area contributed by atoms with Gasteiger partial charge in [-0.2, -0.15) is 5.26 Å². The molecule has 5 nitrogen and oxygen atoms in total. The van der Waals surface area contributed by atoms with Gasteiger partial charge in [-0.1, -0.05) is 23.2 Å². The van der Waals surface area contributed by atoms with Crippen molar-refractivity contribution in [1.29, 1.82) is 5.26 Å². The summed E-state index contributed by atoms with van der Waals surface area (Å²) in [5, 5.41) is 9.57. The van der Waals surface area contributed by atoms with Gasteiger partial charge in [0.15, 0.2) is 0 Å². The Hall–Kier alpha value is -1.48. The van der Waals surface area contributed by atoms with E-state index in [4.69, 9.17) is 37.9 Å². The van der Waals surface area contributed by atoms with Crippen LogP contribution in [0.5, 0.6) is 5.75 Å². The molecular formula is C17H22Cl2N2O3. The van der Waals surface area contributed by atoms with Gasteiger partial charge in [-0.25, -0.2) is 0 Å². The van der Waals surface area contributed by atoms with E-state index in [0.717, 1.165) is 31.7 Å². The van der Waals surface area contributed by atoms with E-state index in [0.29, 0.717) is 10.0 Å². The van der Waals surface area contributed by atoms with Crippen LogP contribution in [0.1, 0.15) is 25.7 Å². The molecule has 1 aliphatic heterocycles. The molecule has 1 aromatic carbocycles. The molecule has 0 radical (unpaired) electrons. The number of hydrogen-bond acceptors (Lipinski definition) is 4. The molecule has 1 atom stereocenters. The molecule has 0 saturated carbocycles. The van der Waals surface area contributed by atoms with E-state index < -0.39 is 6.10 Å². The molecule has 132 valence electrons. The largest absolute Gasteiger partial charge is 0.497 e. The summed E-state index contributed by atoms with van der Waals surface area (Å²) in [4.78, 5) is 13.6. The Morgan fingerprint density at radius 3 is 2.42 bits per heavy atom. The number of hydrogen-bond donors (Lipinski definition) is 0. The lowest BCUT2D eigenvalue weighted by molar-refractivity contribution is -0.142. The zero-order valence-electron chi connectivity index (χ0n) is 13.9. The maximum absolute atomic E-state index is 11.8. The molecule has 0 aliphatic carbocycles. The first-order valence-electron chi connectivity index (χ1n) is 7.71. The highest BCUT2D eigenvalue weighted by atomic mass is 35.5. The SMILES string of the molecule is COC(CC#N)C(=O)N1CCCCC1.COc1ccc(Cl)c(Cl)c1. The van der Waals surface area contributed by atoms with Crippen LogP contribution in [-0.4, -0.2) is 44.2 Å². The van der Waals surface area contributed by atoms with E-state index >= 15 is 0 Å². The molecule has 7 heteroatoms. The summed E-state index contributed by atoms with van der Waals surface area (Å²) < 4.78 is 9.90. The normalized spacial score (nSPS) is 14.9. The minimum atomic E-state index is -0.571. The summed E-state index contributed by atoms with van der Waals surface area (Å²) in [5.41, 5.74) is 0. The Labute approximate surface area is 153 Å². The lowest BCUT2D eigenvalue weighted by Gasteiger charge is -2.29. The molecule has 24 heavy (non-hydrogen) atoms. The third-order valence-electron chi connectivity index (χ3n) is 3.63. The summed E-state index contributed by atoms with van der Waals surface area (Å²) in [5.74, 6) is 0.683. The second-order valence-corrected chi connectivity index (χ2v) is 6.07. The molecule has 1 aromatic rings. The molecule has 2 rings (SSSR count). The number of halogens is 2. The smallest absolute Gasteiger partial charge is 0.252 e. The number of nitriles is 1. The van der Waals surface area contributed by atoms with Gasteiger partial charge in [0.1, 0.15) is 11.9 Å². The van der Waals surface area contributed by atoms with Gasteiger partial charge >= 0.3 is 0 Å². The predicted octanol–water partition coefficient (Wildman–Crippen LogP) is 3.93. The summed E-state index contributed by atoms with van der Waals surface area (Å²) in [6.45, 7) is 1.62. The van der Waals surface area contributed by atoms with Crippen molar-refractivity contribution < 1.29 is 14.3 Å². The van der Waals surface area contributed by atoms with Crippen LogP contribution in [0.25, 0.3) is 0 Å². The lowest BCUT2D eigenvalue weighted by atomic mass is 10.1. The predicted molar refractivity (Wildman–Crippen MR) is 94.5 cm³/mol. The summed E-state index contributed by atoms with van der Waals surface area (Å²) in [6, 6.07) is 7.09. The van der Waals surface area contributed by atoms with E-state index in [9.17, 15) is 4.79 Å². The number of carbonyl (C=O) groups excluding carboxylic acids is 1. The maximum Gasteiger partial charge on any atom is 0.252 e. The molecule has 0 bridgehead atoms. The Balaban J connectivity index is 0.000000254. The fourth-order valence-electron chi connectivity index (χ4n) is 2.28. The number of methoxy groups -OCH3 is 2. The van der Waals surface area contributed by atoms with Crippen LogP contribution in [0.4, 0.5) is 0 Å². The minimum absolute atomic E-state index is 0.0336. The monoisotopic (exact) mass is 372 g/mol. The number of benzene rings is 1. The molecule has 0 aromatic heterocycles. The van der Waals surface area contributed by atoms with E-state index in [1.165, 1.54) is 13.5 Å². The zero-order chi connectivity index (χ0) is 17.9. The average Bonchev–Trinajstić information content (AvgIpc) is 2.62. The molecule has 1 fully saturated rings. The van der Waals surface area contributed by atoms with E-state index in [1.807, 2.05) is 6.07 Å². The Morgan fingerprint density at radius 1 is 1.25 bits per heavy atom. The number of piperidine rings is 1. The number of amides is 1. The van der Waals surface area contributed by atoms with Crippen LogP contribution in [-0.2, 0) is 9.53 Å². The summed E-state index contributed by atoms with van der Waals surface area (Å²) >= 11 is 11.3. The van der Waals surface area contributed by atoms with Gasteiger partial charge in [-0.05, 0) is 31.4 Å². The van der Waals surface area contributed by atoms with Crippen molar-refractivity contribution >= 4 is 29.1 Å². The summed E-state index contributed by atoms with van der Waals surface area (Å²) in [6.07, 6.45) is 2.90. The third kappa shape index (κ3) is 6.56. The lowest BCUT2D eigenvalue weighted by Crippen LogP contribution is -2.42. The van der Waals surface area contributed by atoms with Crippen LogP contribution >= 0.6 is 23.2 Å². The van der Waals surface area contributed by atoms with E-state index in [2.05, 4.69) is 0 Å². The highest BCUT2D eigenvalue weighted by molar-refractivity contribution is 6.42. The van der Waals surface area contributed by atoms with Crippen LogP contribution in [0.15, 0.2) is 18.2 Å². The number of likely N-dealkylation sites (tertiary alicyclic amines) is 1. The van der Waals surface area contributed by atoms with Gasteiger partial charge in [0.25, 0.3) is 5.91 Å². The average molecular weight is 373 g/mol. The molecule has 1 unspecified atom stereocenters. The van der Waals surface area contributed by atoms with Crippen molar-refractivity contribution in [3.8, 4) is 11.8 Å². The highest BCUT2D eigenvalue weighted by Gasteiger charge is 2.24. The minimum Gasteiger partial charge on any atom is -0.497 e. The van der Waals surface area contributed by atoms with Gasteiger partial charge in [0.05, 0.1) is 29.6 Å². The van der Waals surface area contributed by atoms with Crippen LogP contribution in [0.2, 0.25) is 10.0 Å². The third-order valence-corrected chi connectivity index (χ3v) is 4.37. The van der Waals surface area contributed by atoms with Crippen molar-refractivity contribution in [2.45, 2.75) is 31.8 Å².